The van der Waals surface area contributed by atoms with E-state index < -0.39 is 0 Å². The molecule has 110 valence electrons. The number of aromatic nitrogens is 1. The average molecular weight is 301 g/mol. The fraction of sp³-hybridized carbons (Fsp3) is 0.235. The molecule has 0 bridgehead atoms. The molecule has 3 aromatic rings. The van der Waals surface area contributed by atoms with Crippen LogP contribution >= 0.6 is 11.3 Å². The Hall–Kier alpha value is -2.07. The Morgan fingerprint density at radius 3 is 2.52 bits per heavy atom. The largest absolute Gasteiger partial charge is 0.508 e. The molecule has 0 saturated heterocycles. The fourth-order valence-electron chi connectivity index (χ4n) is 1.94. The molecule has 2 aromatic carbocycles. The van der Waals surface area contributed by atoms with Gasteiger partial charge in [0.1, 0.15) is 16.5 Å². The molecule has 0 atom stereocenters. The van der Waals surface area contributed by atoms with Crippen LogP contribution in [0.5, 0.6) is 11.5 Å². The van der Waals surface area contributed by atoms with Gasteiger partial charge in [-0.15, -0.1) is 11.3 Å². The van der Waals surface area contributed by atoms with Crippen LogP contribution in [0, 0.1) is 6.92 Å². The first-order chi connectivity index (χ1) is 10.2. The summed E-state index contributed by atoms with van der Waals surface area (Å²) in [5.41, 5.74) is 2.84. The van der Waals surface area contributed by atoms with Crippen LogP contribution in [0.3, 0.4) is 0 Å². The standard InChI is InChI=1S/C15H13NO2S.C2H6/c1-9-7-10(3-6-13(9)17)15-16-12-5-4-11(18-2)8-14(12)19-15;1-2/h3-8,17H,1-2H3;1-2H3. The van der Waals surface area contributed by atoms with Crippen molar-refractivity contribution in [2.24, 2.45) is 0 Å². The summed E-state index contributed by atoms with van der Waals surface area (Å²) in [6.07, 6.45) is 0. The van der Waals surface area contributed by atoms with Crippen molar-refractivity contribution >= 4 is 21.6 Å². The maximum atomic E-state index is 9.57. The third-order valence-corrected chi connectivity index (χ3v) is 4.11. The second-order valence-corrected chi connectivity index (χ2v) is 5.38. The molecule has 0 aliphatic heterocycles. The number of aryl methyl sites for hydroxylation is 1. The molecule has 0 spiro atoms. The Kier molecular flexibility index (Phi) is 4.81. The lowest BCUT2D eigenvalue weighted by molar-refractivity contribution is 0.415. The first-order valence-electron chi connectivity index (χ1n) is 6.92. The zero-order valence-electron chi connectivity index (χ0n) is 12.7. The van der Waals surface area contributed by atoms with Crippen LogP contribution in [0.15, 0.2) is 36.4 Å². The topological polar surface area (TPSA) is 42.4 Å². The Balaban J connectivity index is 0.000000774. The van der Waals surface area contributed by atoms with Crippen LogP contribution in [-0.4, -0.2) is 17.2 Å². The van der Waals surface area contributed by atoms with E-state index in [9.17, 15) is 5.11 Å². The van der Waals surface area contributed by atoms with Crippen LogP contribution in [0.1, 0.15) is 19.4 Å². The molecule has 21 heavy (non-hydrogen) atoms. The number of hydrogen-bond acceptors (Lipinski definition) is 4. The van der Waals surface area contributed by atoms with Gasteiger partial charge in [-0.25, -0.2) is 4.98 Å². The number of ether oxygens (including phenoxy) is 1. The van der Waals surface area contributed by atoms with Crippen LogP contribution < -0.4 is 4.74 Å². The number of fused-ring (bicyclic) bond motifs is 1. The number of rotatable bonds is 2. The molecule has 0 unspecified atom stereocenters. The summed E-state index contributed by atoms with van der Waals surface area (Å²) in [5.74, 6) is 1.15. The van der Waals surface area contributed by atoms with Gasteiger partial charge < -0.3 is 9.84 Å². The highest BCUT2D eigenvalue weighted by molar-refractivity contribution is 7.21. The van der Waals surface area contributed by atoms with Gasteiger partial charge in [0.2, 0.25) is 0 Å². The number of benzene rings is 2. The number of nitrogens with zero attached hydrogens (tertiary/aromatic N) is 1. The Bertz CT molecular complexity index is 750. The van der Waals surface area contributed by atoms with E-state index in [2.05, 4.69) is 4.98 Å². The van der Waals surface area contributed by atoms with Gasteiger partial charge in [0.25, 0.3) is 0 Å². The van der Waals surface area contributed by atoms with Crippen LogP contribution in [0.25, 0.3) is 20.8 Å². The van der Waals surface area contributed by atoms with Gasteiger partial charge in [-0.2, -0.15) is 0 Å². The lowest BCUT2D eigenvalue weighted by Crippen LogP contribution is -1.80. The monoisotopic (exact) mass is 301 g/mol. The van der Waals surface area contributed by atoms with E-state index in [-0.39, 0.29) is 0 Å². The predicted octanol–water partition coefficient (Wildman–Crippen LogP) is 5.01. The summed E-state index contributed by atoms with van der Waals surface area (Å²) in [6, 6.07) is 11.4. The molecule has 1 N–H and O–H groups in total. The molecule has 3 nitrogen and oxygen atoms in total. The minimum absolute atomic E-state index is 0.312. The number of phenols is 1. The number of thiazole rings is 1. The van der Waals surface area contributed by atoms with Crippen LogP contribution in [0.4, 0.5) is 0 Å². The smallest absolute Gasteiger partial charge is 0.124 e. The molecular formula is C17H19NO2S. The number of methoxy groups -OCH3 is 1. The van der Waals surface area contributed by atoms with Gasteiger partial charge in [0.15, 0.2) is 0 Å². The van der Waals surface area contributed by atoms with Crippen molar-refractivity contribution in [3.8, 4) is 22.1 Å². The molecule has 3 rings (SSSR count). The van der Waals surface area contributed by atoms with Crippen molar-refractivity contribution in [2.75, 3.05) is 7.11 Å². The zero-order valence-corrected chi connectivity index (χ0v) is 13.5. The summed E-state index contributed by atoms with van der Waals surface area (Å²) in [6.45, 7) is 5.88. The summed E-state index contributed by atoms with van der Waals surface area (Å²) < 4.78 is 6.32. The highest BCUT2D eigenvalue weighted by atomic mass is 32.1. The molecule has 4 heteroatoms. The number of hydrogen-bond donors (Lipinski definition) is 1. The molecule has 0 saturated carbocycles. The van der Waals surface area contributed by atoms with Gasteiger partial charge in [-0.3, -0.25) is 0 Å². The quantitative estimate of drug-likeness (QED) is 0.723. The first kappa shape index (κ1) is 15.3. The van der Waals surface area contributed by atoms with E-state index in [1.165, 1.54) is 0 Å². The minimum Gasteiger partial charge on any atom is -0.508 e. The summed E-state index contributed by atoms with van der Waals surface area (Å²) in [4.78, 5) is 4.61. The molecule has 0 aliphatic carbocycles. The summed E-state index contributed by atoms with van der Waals surface area (Å²) in [7, 11) is 1.66. The molecule has 0 fully saturated rings. The predicted molar refractivity (Wildman–Crippen MR) is 89.4 cm³/mol. The van der Waals surface area contributed by atoms with Gasteiger partial charge in [0.05, 0.1) is 17.3 Å². The van der Waals surface area contributed by atoms with Crippen molar-refractivity contribution in [1.82, 2.24) is 4.98 Å². The number of aromatic hydroxyl groups is 1. The average Bonchev–Trinajstić information content (AvgIpc) is 2.94. The second-order valence-electron chi connectivity index (χ2n) is 4.35. The van der Waals surface area contributed by atoms with E-state index in [4.69, 9.17) is 4.74 Å². The van der Waals surface area contributed by atoms with Gasteiger partial charge >= 0.3 is 0 Å². The number of phenolic OH excluding ortho intramolecular Hbond substituents is 1. The molecule has 1 aromatic heterocycles. The third kappa shape index (κ3) is 3.16. The van der Waals surface area contributed by atoms with Crippen molar-refractivity contribution in [2.45, 2.75) is 20.8 Å². The van der Waals surface area contributed by atoms with Crippen LogP contribution in [-0.2, 0) is 0 Å². The lowest BCUT2D eigenvalue weighted by atomic mass is 10.1. The van der Waals surface area contributed by atoms with Gasteiger partial charge in [-0.1, -0.05) is 13.8 Å². The van der Waals surface area contributed by atoms with Crippen molar-refractivity contribution in [1.29, 1.82) is 0 Å². The van der Waals surface area contributed by atoms with Crippen LogP contribution in [0.2, 0.25) is 0 Å². The highest BCUT2D eigenvalue weighted by Crippen LogP contribution is 2.33. The second kappa shape index (κ2) is 6.59. The third-order valence-electron chi connectivity index (χ3n) is 3.04. The molecular weight excluding hydrogens is 282 g/mol. The SMILES string of the molecule is CC.COc1ccc2nc(-c3ccc(O)c(C)c3)sc2c1. The molecule has 0 amide bonds. The van der Waals surface area contributed by atoms with Crippen molar-refractivity contribution in [3.05, 3.63) is 42.0 Å². The normalized spacial score (nSPS) is 10.1. The van der Waals surface area contributed by atoms with E-state index in [1.54, 1.807) is 24.5 Å². The van der Waals surface area contributed by atoms with E-state index in [1.807, 2.05) is 51.1 Å². The van der Waals surface area contributed by atoms with E-state index >= 15 is 0 Å². The molecule has 0 radical (unpaired) electrons. The lowest BCUT2D eigenvalue weighted by Gasteiger charge is -2.00. The highest BCUT2D eigenvalue weighted by Gasteiger charge is 2.08. The fourth-order valence-corrected chi connectivity index (χ4v) is 2.93. The Labute approximate surface area is 128 Å². The first-order valence-corrected chi connectivity index (χ1v) is 7.73. The van der Waals surface area contributed by atoms with Gasteiger partial charge in [0, 0.05) is 5.56 Å². The summed E-state index contributed by atoms with van der Waals surface area (Å²) in [5, 5.41) is 10.5. The minimum atomic E-state index is 0.312. The molecule has 1 heterocycles. The Morgan fingerprint density at radius 2 is 1.86 bits per heavy atom. The summed E-state index contributed by atoms with van der Waals surface area (Å²) >= 11 is 1.62. The maximum absolute atomic E-state index is 9.57. The zero-order chi connectivity index (χ0) is 15.4. The molecule has 0 aliphatic rings. The van der Waals surface area contributed by atoms with E-state index in [0.29, 0.717) is 5.75 Å². The van der Waals surface area contributed by atoms with E-state index in [0.717, 1.165) is 32.1 Å². The van der Waals surface area contributed by atoms with Crippen molar-refractivity contribution in [3.63, 3.8) is 0 Å². The van der Waals surface area contributed by atoms with Gasteiger partial charge in [-0.05, 0) is 48.9 Å². The Morgan fingerprint density at radius 1 is 1.10 bits per heavy atom. The maximum Gasteiger partial charge on any atom is 0.124 e. The van der Waals surface area contributed by atoms with Crippen molar-refractivity contribution < 1.29 is 9.84 Å².